The highest BCUT2D eigenvalue weighted by Crippen LogP contribution is 2.17. The van der Waals surface area contributed by atoms with Crippen LogP contribution < -0.4 is 9.46 Å². The molecule has 1 aromatic carbocycles. The molecule has 0 aliphatic carbocycles. The van der Waals surface area contributed by atoms with Gasteiger partial charge in [-0.2, -0.15) is 0 Å². The van der Waals surface area contributed by atoms with Crippen molar-refractivity contribution in [1.82, 2.24) is 4.72 Å². The molecule has 1 heterocycles. The summed E-state index contributed by atoms with van der Waals surface area (Å²) in [5, 5.41) is 1.02. The van der Waals surface area contributed by atoms with Gasteiger partial charge in [-0.1, -0.05) is 6.08 Å². The van der Waals surface area contributed by atoms with Crippen LogP contribution in [0.2, 0.25) is 0 Å². The maximum absolute atomic E-state index is 12.0. The zero-order valence-corrected chi connectivity index (χ0v) is 11.7. The Hall–Kier alpha value is -1.38. The molecule has 1 aliphatic heterocycles. The third-order valence-electron chi connectivity index (χ3n) is 2.61. The fraction of sp³-hybridized carbons (Fsp3) is 0.273. The third-order valence-corrected chi connectivity index (χ3v) is 5.51. The predicted molar refractivity (Wildman–Crippen MR) is 70.0 cm³/mol. The van der Waals surface area contributed by atoms with Crippen LogP contribution in [0, 0.1) is 0 Å². The molecule has 104 valence electrons. The van der Waals surface area contributed by atoms with Crippen molar-refractivity contribution >= 4 is 19.9 Å². The summed E-state index contributed by atoms with van der Waals surface area (Å²) in [7, 11) is -5.55. The summed E-state index contributed by atoms with van der Waals surface area (Å²) >= 11 is 0. The lowest BCUT2D eigenvalue weighted by atomic mass is 10.3. The minimum Gasteiger partial charge on any atom is -0.497 e. The average Bonchev–Trinajstić information content (AvgIpc) is 2.68. The molecule has 19 heavy (non-hydrogen) atoms. The van der Waals surface area contributed by atoms with E-state index < -0.39 is 25.9 Å². The lowest BCUT2D eigenvalue weighted by molar-refractivity contribution is 0.414. The van der Waals surface area contributed by atoms with E-state index in [0.29, 0.717) is 5.75 Å². The van der Waals surface area contributed by atoms with Gasteiger partial charge < -0.3 is 4.74 Å². The molecule has 6 nitrogen and oxygen atoms in total. The van der Waals surface area contributed by atoms with Crippen molar-refractivity contribution in [2.24, 2.45) is 0 Å². The number of hydrogen-bond acceptors (Lipinski definition) is 5. The minimum atomic E-state index is -3.74. The minimum absolute atomic E-state index is 0.0611. The van der Waals surface area contributed by atoms with E-state index in [-0.39, 0.29) is 10.6 Å². The SMILES string of the molecule is COc1ccc(S(=O)(=O)N[C@@H]2C=CS(=O)(=O)C2)cc1. The molecule has 0 radical (unpaired) electrons. The number of sulfonamides is 1. The van der Waals surface area contributed by atoms with Gasteiger partial charge in [-0.05, 0) is 24.3 Å². The van der Waals surface area contributed by atoms with Gasteiger partial charge in [0.1, 0.15) is 5.75 Å². The molecular weight excluding hydrogens is 290 g/mol. The van der Waals surface area contributed by atoms with Crippen molar-refractivity contribution in [2.45, 2.75) is 10.9 Å². The summed E-state index contributed by atoms with van der Waals surface area (Å²) < 4.78 is 53.7. The summed E-state index contributed by atoms with van der Waals surface area (Å²) in [6, 6.07) is 5.12. The van der Waals surface area contributed by atoms with E-state index in [1.165, 1.54) is 37.5 Å². The van der Waals surface area contributed by atoms with Crippen LogP contribution in [0.15, 0.2) is 40.6 Å². The number of benzene rings is 1. The molecule has 1 N–H and O–H groups in total. The Kier molecular flexibility index (Phi) is 3.66. The van der Waals surface area contributed by atoms with Gasteiger partial charge in [-0.25, -0.2) is 21.6 Å². The normalized spacial score (nSPS) is 21.4. The van der Waals surface area contributed by atoms with Gasteiger partial charge in [0.05, 0.1) is 23.8 Å². The Bertz CT molecular complexity index is 689. The topological polar surface area (TPSA) is 89.5 Å². The Labute approximate surface area is 112 Å². The molecular formula is C11H13NO5S2. The molecule has 0 unspecified atom stereocenters. The standard InChI is InChI=1S/C11H13NO5S2/c1-17-10-2-4-11(5-3-10)19(15,16)12-9-6-7-18(13,14)8-9/h2-7,9,12H,8H2,1H3/t9-/m1/s1. The van der Waals surface area contributed by atoms with Gasteiger partial charge in [-0.15, -0.1) is 0 Å². The molecule has 1 aromatic rings. The Balaban J connectivity index is 2.17. The second kappa shape index (κ2) is 4.95. The number of hydrogen-bond donors (Lipinski definition) is 1. The third kappa shape index (κ3) is 3.34. The summed E-state index contributed by atoms with van der Waals surface area (Å²) in [5.41, 5.74) is 0. The van der Waals surface area contributed by atoms with E-state index in [0.717, 1.165) is 5.41 Å². The van der Waals surface area contributed by atoms with Crippen molar-refractivity contribution in [3.05, 3.63) is 35.7 Å². The molecule has 8 heteroatoms. The highest BCUT2D eigenvalue weighted by atomic mass is 32.2. The molecule has 0 bridgehead atoms. The molecule has 0 spiro atoms. The predicted octanol–water partition coefficient (Wildman–Crippen LogP) is 0.284. The summed E-state index contributed by atoms with van der Waals surface area (Å²) in [6.45, 7) is 0. The van der Waals surface area contributed by atoms with E-state index in [4.69, 9.17) is 4.74 Å². The first-order valence-electron chi connectivity index (χ1n) is 5.40. The van der Waals surface area contributed by atoms with Crippen LogP contribution in [0.3, 0.4) is 0 Å². The number of ether oxygens (including phenoxy) is 1. The molecule has 0 amide bonds. The highest BCUT2D eigenvalue weighted by Gasteiger charge is 2.26. The number of sulfone groups is 1. The van der Waals surface area contributed by atoms with Crippen LogP contribution in [0.5, 0.6) is 5.75 Å². The average molecular weight is 303 g/mol. The molecule has 0 aromatic heterocycles. The maximum Gasteiger partial charge on any atom is 0.241 e. The highest BCUT2D eigenvalue weighted by molar-refractivity contribution is 7.94. The fourth-order valence-corrected chi connectivity index (χ4v) is 4.20. The second-order valence-electron chi connectivity index (χ2n) is 4.06. The zero-order valence-electron chi connectivity index (χ0n) is 10.1. The van der Waals surface area contributed by atoms with Crippen molar-refractivity contribution in [2.75, 3.05) is 12.9 Å². The van der Waals surface area contributed by atoms with Gasteiger partial charge >= 0.3 is 0 Å². The van der Waals surface area contributed by atoms with Gasteiger partial charge in [0, 0.05) is 5.41 Å². The van der Waals surface area contributed by atoms with Crippen molar-refractivity contribution in [1.29, 1.82) is 0 Å². The Morgan fingerprint density at radius 3 is 2.37 bits per heavy atom. The van der Waals surface area contributed by atoms with E-state index in [9.17, 15) is 16.8 Å². The fourth-order valence-electron chi connectivity index (χ4n) is 1.67. The smallest absolute Gasteiger partial charge is 0.241 e. The van der Waals surface area contributed by atoms with Crippen LogP contribution >= 0.6 is 0 Å². The lowest BCUT2D eigenvalue weighted by Crippen LogP contribution is -2.35. The summed E-state index contributed by atoms with van der Waals surface area (Å²) in [5.74, 6) is 0.296. The molecule has 2 rings (SSSR count). The van der Waals surface area contributed by atoms with Gasteiger partial charge in [-0.3, -0.25) is 0 Å². The van der Waals surface area contributed by atoms with Gasteiger partial charge in [0.15, 0.2) is 9.84 Å². The van der Waals surface area contributed by atoms with Crippen LogP contribution in [0.25, 0.3) is 0 Å². The van der Waals surface area contributed by atoms with E-state index >= 15 is 0 Å². The Morgan fingerprint density at radius 1 is 1.26 bits per heavy atom. The van der Waals surface area contributed by atoms with E-state index in [2.05, 4.69) is 4.72 Å². The van der Waals surface area contributed by atoms with Gasteiger partial charge in [0.25, 0.3) is 0 Å². The first-order chi connectivity index (χ1) is 8.82. The van der Waals surface area contributed by atoms with Crippen LogP contribution in [0.1, 0.15) is 0 Å². The maximum atomic E-state index is 12.0. The molecule has 1 atom stereocenters. The zero-order chi connectivity index (χ0) is 14.1. The number of nitrogens with one attached hydrogen (secondary N) is 1. The molecule has 0 saturated heterocycles. The van der Waals surface area contributed by atoms with Crippen molar-refractivity contribution < 1.29 is 21.6 Å². The first-order valence-corrected chi connectivity index (χ1v) is 8.60. The molecule has 0 saturated carbocycles. The summed E-state index contributed by atoms with van der Waals surface area (Å²) in [6.07, 6.45) is 1.33. The largest absolute Gasteiger partial charge is 0.497 e. The number of rotatable bonds is 4. The summed E-state index contributed by atoms with van der Waals surface area (Å²) in [4.78, 5) is 0.0611. The number of methoxy groups -OCH3 is 1. The quantitative estimate of drug-likeness (QED) is 0.863. The van der Waals surface area contributed by atoms with E-state index in [1.54, 1.807) is 0 Å². The van der Waals surface area contributed by atoms with Gasteiger partial charge in [0.2, 0.25) is 10.0 Å². The van der Waals surface area contributed by atoms with Crippen molar-refractivity contribution in [3.8, 4) is 5.75 Å². The Morgan fingerprint density at radius 2 is 1.89 bits per heavy atom. The lowest BCUT2D eigenvalue weighted by Gasteiger charge is -2.11. The van der Waals surface area contributed by atoms with E-state index in [1.807, 2.05) is 0 Å². The van der Waals surface area contributed by atoms with Crippen LogP contribution in [-0.4, -0.2) is 35.7 Å². The van der Waals surface area contributed by atoms with Crippen molar-refractivity contribution in [3.63, 3.8) is 0 Å². The van der Waals surface area contributed by atoms with Crippen LogP contribution in [0.4, 0.5) is 0 Å². The molecule has 1 aliphatic rings. The van der Waals surface area contributed by atoms with Crippen LogP contribution in [-0.2, 0) is 19.9 Å². The monoisotopic (exact) mass is 303 g/mol. The first kappa shape index (κ1) is 14.0. The molecule has 0 fully saturated rings. The second-order valence-corrected chi connectivity index (χ2v) is 7.71.